The Morgan fingerprint density at radius 2 is 2.15 bits per heavy atom. The van der Waals surface area contributed by atoms with E-state index in [1.807, 2.05) is 24.0 Å². The van der Waals surface area contributed by atoms with Gasteiger partial charge in [0, 0.05) is 24.7 Å². The van der Waals surface area contributed by atoms with Crippen molar-refractivity contribution in [3.05, 3.63) is 53.3 Å². The SMILES string of the molecule is Cc1cc(C(=O)N2CCC[C@H](c3ccccc3)C2)n[nH]1. The van der Waals surface area contributed by atoms with E-state index in [0.29, 0.717) is 11.6 Å². The molecule has 1 aliphatic rings. The largest absolute Gasteiger partial charge is 0.337 e. The molecule has 1 fully saturated rings. The Bertz CT molecular complexity index is 591. The number of carbonyl (C=O) groups excluding carboxylic acids is 1. The second-order valence-corrected chi connectivity index (χ2v) is 5.44. The number of amides is 1. The van der Waals surface area contributed by atoms with Crippen LogP contribution < -0.4 is 0 Å². The first-order valence-electron chi connectivity index (χ1n) is 7.10. The quantitative estimate of drug-likeness (QED) is 0.911. The van der Waals surface area contributed by atoms with Crippen LogP contribution in [0.1, 0.15) is 40.5 Å². The number of likely N-dealkylation sites (tertiary alicyclic amines) is 1. The monoisotopic (exact) mass is 269 g/mol. The molecule has 3 rings (SSSR count). The summed E-state index contributed by atoms with van der Waals surface area (Å²) in [5.41, 5.74) is 2.77. The average Bonchev–Trinajstić information content (AvgIpc) is 2.94. The second kappa shape index (κ2) is 5.49. The molecule has 2 aromatic rings. The Kier molecular flexibility index (Phi) is 3.54. The number of hydrogen-bond acceptors (Lipinski definition) is 2. The van der Waals surface area contributed by atoms with Gasteiger partial charge in [-0.05, 0) is 31.4 Å². The van der Waals surface area contributed by atoms with Crippen LogP contribution in [0, 0.1) is 6.92 Å². The Morgan fingerprint density at radius 3 is 2.85 bits per heavy atom. The van der Waals surface area contributed by atoms with Crippen LogP contribution in [0.5, 0.6) is 0 Å². The van der Waals surface area contributed by atoms with E-state index in [1.165, 1.54) is 5.56 Å². The number of piperidine rings is 1. The smallest absolute Gasteiger partial charge is 0.274 e. The molecule has 1 aromatic carbocycles. The van der Waals surface area contributed by atoms with Crippen molar-refractivity contribution in [1.82, 2.24) is 15.1 Å². The lowest BCUT2D eigenvalue weighted by atomic mass is 9.90. The van der Waals surface area contributed by atoms with Crippen molar-refractivity contribution in [2.75, 3.05) is 13.1 Å². The highest BCUT2D eigenvalue weighted by Gasteiger charge is 2.26. The molecule has 0 aliphatic carbocycles. The zero-order valence-corrected chi connectivity index (χ0v) is 11.7. The highest BCUT2D eigenvalue weighted by molar-refractivity contribution is 5.92. The van der Waals surface area contributed by atoms with Gasteiger partial charge in [0.25, 0.3) is 5.91 Å². The molecule has 4 heteroatoms. The van der Waals surface area contributed by atoms with Gasteiger partial charge in [-0.3, -0.25) is 9.89 Å². The van der Waals surface area contributed by atoms with E-state index in [4.69, 9.17) is 0 Å². The molecule has 0 saturated carbocycles. The predicted molar refractivity (Wildman–Crippen MR) is 77.6 cm³/mol. The minimum absolute atomic E-state index is 0.0370. The fourth-order valence-corrected chi connectivity index (χ4v) is 2.85. The van der Waals surface area contributed by atoms with Crippen molar-refractivity contribution in [3.63, 3.8) is 0 Å². The summed E-state index contributed by atoms with van der Waals surface area (Å²) in [6, 6.07) is 12.3. The first kappa shape index (κ1) is 12.9. The maximum absolute atomic E-state index is 12.4. The van der Waals surface area contributed by atoms with Gasteiger partial charge in [-0.2, -0.15) is 5.10 Å². The highest BCUT2D eigenvalue weighted by atomic mass is 16.2. The number of rotatable bonds is 2. The summed E-state index contributed by atoms with van der Waals surface area (Å²) in [7, 11) is 0. The van der Waals surface area contributed by atoms with Crippen LogP contribution in [0.15, 0.2) is 36.4 Å². The molecule has 2 heterocycles. The normalized spacial score (nSPS) is 19.1. The molecule has 20 heavy (non-hydrogen) atoms. The van der Waals surface area contributed by atoms with Crippen LogP contribution in [0.25, 0.3) is 0 Å². The lowest BCUT2D eigenvalue weighted by molar-refractivity contribution is 0.0701. The summed E-state index contributed by atoms with van der Waals surface area (Å²) < 4.78 is 0. The molecule has 0 spiro atoms. The molecule has 1 saturated heterocycles. The molecule has 1 amide bonds. The van der Waals surface area contributed by atoms with Crippen molar-refractivity contribution in [2.24, 2.45) is 0 Å². The third-order valence-electron chi connectivity index (χ3n) is 3.90. The molecule has 1 aromatic heterocycles. The van der Waals surface area contributed by atoms with Crippen LogP contribution in [0.4, 0.5) is 0 Å². The molecule has 4 nitrogen and oxygen atoms in total. The molecule has 1 atom stereocenters. The van der Waals surface area contributed by atoms with Gasteiger partial charge in [0.05, 0.1) is 0 Å². The topological polar surface area (TPSA) is 49.0 Å². The number of benzene rings is 1. The zero-order valence-electron chi connectivity index (χ0n) is 11.7. The van der Waals surface area contributed by atoms with Gasteiger partial charge in [0.1, 0.15) is 5.69 Å². The van der Waals surface area contributed by atoms with Crippen LogP contribution in [-0.4, -0.2) is 34.1 Å². The minimum Gasteiger partial charge on any atom is -0.337 e. The average molecular weight is 269 g/mol. The molecule has 104 valence electrons. The van der Waals surface area contributed by atoms with Crippen LogP contribution >= 0.6 is 0 Å². The van der Waals surface area contributed by atoms with Gasteiger partial charge < -0.3 is 4.90 Å². The molecule has 1 N–H and O–H groups in total. The Balaban J connectivity index is 1.74. The number of H-pyrrole nitrogens is 1. The number of nitrogens with one attached hydrogen (secondary N) is 1. The van der Waals surface area contributed by atoms with Crippen LogP contribution in [-0.2, 0) is 0 Å². The van der Waals surface area contributed by atoms with Gasteiger partial charge in [0.15, 0.2) is 0 Å². The molecular formula is C16H19N3O. The zero-order chi connectivity index (χ0) is 13.9. The van der Waals surface area contributed by atoms with Gasteiger partial charge in [0.2, 0.25) is 0 Å². The first-order chi connectivity index (χ1) is 9.74. The van der Waals surface area contributed by atoms with E-state index in [0.717, 1.165) is 31.6 Å². The van der Waals surface area contributed by atoms with Crippen molar-refractivity contribution in [3.8, 4) is 0 Å². The summed E-state index contributed by atoms with van der Waals surface area (Å²) >= 11 is 0. The Labute approximate surface area is 118 Å². The van der Waals surface area contributed by atoms with Gasteiger partial charge in [-0.1, -0.05) is 30.3 Å². The second-order valence-electron chi connectivity index (χ2n) is 5.44. The third-order valence-corrected chi connectivity index (χ3v) is 3.90. The number of aryl methyl sites for hydroxylation is 1. The number of hydrogen-bond donors (Lipinski definition) is 1. The number of aromatic amines is 1. The maximum Gasteiger partial charge on any atom is 0.274 e. The van der Waals surface area contributed by atoms with Crippen LogP contribution in [0.2, 0.25) is 0 Å². The third kappa shape index (κ3) is 2.59. The first-order valence-corrected chi connectivity index (χ1v) is 7.10. The molecule has 1 aliphatic heterocycles. The number of nitrogens with zero attached hydrogens (tertiary/aromatic N) is 2. The van der Waals surface area contributed by atoms with Gasteiger partial charge in [-0.25, -0.2) is 0 Å². The molecule has 0 radical (unpaired) electrons. The lowest BCUT2D eigenvalue weighted by Crippen LogP contribution is -2.39. The standard InChI is InChI=1S/C16H19N3O/c1-12-10-15(18-17-12)16(20)19-9-5-8-14(11-19)13-6-3-2-4-7-13/h2-4,6-7,10,14H,5,8-9,11H2,1H3,(H,17,18)/t14-/m0/s1. The van der Waals surface area contributed by atoms with E-state index >= 15 is 0 Å². The fourth-order valence-electron chi connectivity index (χ4n) is 2.85. The van der Waals surface area contributed by atoms with Crippen molar-refractivity contribution < 1.29 is 4.79 Å². The predicted octanol–water partition coefficient (Wildman–Crippen LogP) is 2.74. The molecular weight excluding hydrogens is 250 g/mol. The summed E-state index contributed by atoms with van der Waals surface area (Å²) in [6.07, 6.45) is 2.20. The number of carbonyl (C=O) groups is 1. The van der Waals surface area contributed by atoms with Crippen molar-refractivity contribution >= 4 is 5.91 Å². The van der Waals surface area contributed by atoms with Crippen LogP contribution in [0.3, 0.4) is 0 Å². The maximum atomic E-state index is 12.4. The van der Waals surface area contributed by atoms with E-state index in [1.54, 1.807) is 0 Å². The minimum atomic E-state index is 0.0370. The van der Waals surface area contributed by atoms with E-state index in [9.17, 15) is 4.79 Å². The van der Waals surface area contributed by atoms with Crippen molar-refractivity contribution in [1.29, 1.82) is 0 Å². The van der Waals surface area contributed by atoms with Gasteiger partial charge in [-0.15, -0.1) is 0 Å². The van der Waals surface area contributed by atoms with E-state index in [-0.39, 0.29) is 5.91 Å². The van der Waals surface area contributed by atoms with Crippen molar-refractivity contribution in [2.45, 2.75) is 25.7 Å². The molecule has 0 unspecified atom stereocenters. The summed E-state index contributed by atoms with van der Waals surface area (Å²) in [5, 5.41) is 6.91. The highest BCUT2D eigenvalue weighted by Crippen LogP contribution is 2.27. The summed E-state index contributed by atoms with van der Waals surface area (Å²) in [6.45, 7) is 3.52. The van der Waals surface area contributed by atoms with E-state index < -0.39 is 0 Å². The Hall–Kier alpha value is -2.10. The Morgan fingerprint density at radius 1 is 1.35 bits per heavy atom. The fraction of sp³-hybridized carbons (Fsp3) is 0.375. The van der Waals surface area contributed by atoms with E-state index in [2.05, 4.69) is 34.5 Å². The van der Waals surface area contributed by atoms with Gasteiger partial charge >= 0.3 is 0 Å². The lowest BCUT2D eigenvalue weighted by Gasteiger charge is -2.32. The summed E-state index contributed by atoms with van der Waals surface area (Å²) in [4.78, 5) is 14.4. The summed E-state index contributed by atoms with van der Waals surface area (Å²) in [5.74, 6) is 0.476. The number of aromatic nitrogens is 2. The molecule has 0 bridgehead atoms.